The molecule has 0 saturated heterocycles. The van der Waals surface area contributed by atoms with E-state index in [0.717, 1.165) is 5.56 Å². The lowest BCUT2D eigenvalue weighted by atomic mass is 10.1. The van der Waals surface area contributed by atoms with Crippen LogP contribution in [0.4, 0.5) is 0 Å². The number of pyridine rings is 1. The third-order valence-corrected chi connectivity index (χ3v) is 1.72. The number of nitrogens with one attached hydrogen (secondary N) is 1. The highest BCUT2D eigenvalue weighted by Gasteiger charge is 2.06. The Morgan fingerprint density at radius 1 is 1.60 bits per heavy atom. The lowest BCUT2D eigenvalue weighted by Crippen LogP contribution is -2.23. The zero-order chi connectivity index (χ0) is 11.1. The zero-order valence-electron chi connectivity index (χ0n) is 8.40. The third kappa shape index (κ3) is 3.24. The number of aromatic nitrogens is 1. The number of likely N-dealkylation sites (N-methyl/N-ethyl adjacent to an activating group) is 1. The number of carbonyl (C=O) groups excluding carboxylic acids is 1. The second-order valence-electron chi connectivity index (χ2n) is 2.81. The first-order valence-electron chi connectivity index (χ1n) is 4.58. The van der Waals surface area contributed by atoms with Crippen molar-refractivity contribution in [2.75, 3.05) is 6.54 Å². The van der Waals surface area contributed by atoms with Gasteiger partial charge in [0.25, 0.3) is 5.91 Å². The molecule has 1 rings (SSSR count). The molecule has 0 radical (unpaired) electrons. The van der Waals surface area contributed by atoms with E-state index in [4.69, 9.17) is 5.26 Å². The number of nitriles is 1. The van der Waals surface area contributed by atoms with Crippen molar-refractivity contribution in [3.63, 3.8) is 0 Å². The number of amides is 1. The van der Waals surface area contributed by atoms with E-state index < -0.39 is 0 Å². The van der Waals surface area contributed by atoms with Crippen molar-refractivity contribution in [3.8, 4) is 6.07 Å². The minimum absolute atomic E-state index is 0.100. The molecule has 1 aromatic rings. The Hall–Kier alpha value is -2.15. The SMILES string of the molecule is CCNC(=O)/C(C#N)=C/c1ccncc1. The highest BCUT2D eigenvalue weighted by Crippen LogP contribution is 2.04. The van der Waals surface area contributed by atoms with Crippen molar-refractivity contribution in [2.45, 2.75) is 6.92 Å². The quantitative estimate of drug-likeness (QED) is 0.588. The summed E-state index contributed by atoms with van der Waals surface area (Å²) >= 11 is 0. The van der Waals surface area contributed by atoms with Gasteiger partial charge >= 0.3 is 0 Å². The van der Waals surface area contributed by atoms with Crippen LogP contribution >= 0.6 is 0 Å². The van der Waals surface area contributed by atoms with Gasteiger partial charge < -0.3 is 5.32 Å². The normalized spacial score (nSPS) is 10.5. The van der Waals surface area contributed by atoms with E-state index in [1.807, 2.05) is 6.07 Å². The van der Waals surface area contributed by atoms with Gasteiger partial charge in [0, 0.05) is 18.9 Å². The summed E-state index contributed by atoms with van der Waals surface area (Å²) in [5.74, 6) is -0.350. The van der Waals surface area contributed by atoms with Gasteiger partial charge in [0.05, 0.1) is 0 Å². The molecule has 15 heavy (non-hydrogen) atoms. The smallest absolute Gasteiger partial charge is 0.261 e. The first-order valence-corrected chi connectivity index (χ1v) is 4.58. The van der Waals surface area contributed by atoms with Crippen molar-refractivity contribution in [1.82, 2.24) is 10.3 Å². The van der Waals surface area contributed by atoms with E-state index in [1.54, 1.807) is 31.5 Å². The Labute approximate surface area is 88.3 Å². The lowest BCUT2D eigenvalue weighted by molar-refractivity contribution is -0.116. The van der Waals surface area contributed by atoms with Crippen LogP contribution in [-0.4, -0.2) is 17.4 Å². The Kier molecular flexibility index (Phi) is 4.05. The average Bonchev–Trinajstić information content (AvgIpc) is 2.27. The number of hydrogen-bond acceptors (Lipinski definition) is 3. The molecule has 0 aliphatic heterocycles. The first kappa shape index (κ1) is 10.9. The summed E-state index contributed by atoms with van der Waals surface area (Å²) in [6, 6.07) is 5.33. The molecule has 0 unspecified atom stereocenters. The summed E-state index contributed by atoms with van der Waals surface area (Å²) in [7, 11) is 0. The molecule has 1 amide bonds. The highest BCUT2D eigenvalue weighted by atomic mass is 16.1. The molecular formula is C11H11N3O. The standard InChI is InChI=1S/C11H11N3O/c1-2-14-11(15)10(8-12)7-9-3-5-13-6-4-9/h3-7H,2H2,1H3,(H,14,15)/b10-7+. The van der Waals surface area contributed by atoms with E-state index in [-0.39, 0.29) is 11.5 Å². The van der Waals surface area contributed by atoms with Gasteiger partial charge in [-0.25, -0.2) is 0 Å². The topological polar surface area (TPSA) is 65.8 Å². The fourth-order valence-corrected chi connectivity index (χ4v) is 1.03. The molecule has 0 aromatic carbocycles. The van der Waals surface area contributed by atoms with Gasteiger partial charge in [-0.15, -0.1) is 0 Å². The van der Waals surface area contributed by atoms with E-state index in [1.165, 1.54) is 6.08 Å². The number of carbonyl (C=O) groups is 1. The molecule has 1 heterocycles. The van der Waals surface area contributed by atoms with Gasteiger partial charge in [-0.1, -0.05) is 0 Å². The second-order valence-corrected chi connectivity index (χ2v) is 2.81. The van der Waals surface area contributed by atoms with Crippen molar-refractivity contribution in [2.24, 2.45) is 0 Å². The van der Waals surface area contributed by atoms with E-state index >= 15 is 0 Å². The van der Waals surface area contributed by atoms with Crippen LogP contribution in [0.25, 0.3) is 6.08 Å². The molecule has 0 fully saturated rings. The van der Waals surface area contributed by atoms with E-state index in [0.29, 0.717) is 6.54 Å². The second kappa shape index (κ2) is 5.55. The predicted octanol–water partition coefficient (Wildman–Crippen LogP) is 1.12. The summed E-state index contributed by atoms with van der Waals surface area (Å²) in [4.78, 5) is 15.2. The Balaban J connectivity index is 2.89. The maximum Gasteiger partial charge on any atom is 0.261 e. The minimum Gasteiger partial charge on any atom is -0.352 e. The summed E-state index contributed by atoms with van der Waals surface area (Å²) in [6.45, 7) is 2.31. The predicted molar refractivity (Wildman–Crippen MR) is 56.5 cm³/mol. The monoisotopic (exact) mass is 201 g/mol. The van der Waals surface area contributed by atoms with E-state index in [9.17, 15) is 4.79 Å². The van der Waals surface area contributed by atoms with Crippen LogP contribution in [0.1, 0.15) is 12.5 Å². The first-order chi connectivity index (χ1) is 7.27. The van der Waals surface area contributed by atoms with Crippen LogP contribution in [-0.2, 0) is 4.79 Å². The van der Waals surface area contributed by atoms with Crippen LogP contribution in [0.2, 0.25) is 0 Å². The number of rotatable bonds is 3. The van der Waals surface area contributed by atoms with Crippen LogP contribution in [0.5, 0.6) is 0 Å². The van der Waals surface area contributed by atoms with Crippen molar-refractivity contribution < 1.29 is 4.79 Å². The van der Waals surface area contributed by atoms with Gasteiger partial charge in [-0.05, 0) is 30.7 Å². The molecule has 4 heteroatoms. The fraction of sp³-hybridized carbons (Fsp3) is 0.182. The molecule has 0 spiro atoms. The zero-order valence-corrected chi connectivity index (χ0v) is 8.40. The molecule has 0 aliphatic carbocycles. The summed E-state index contributed by atoms with van der Waals surface area (Å²) in [6.07, 6.45) is 4.75. The fourth-order valence-electron chi connectivity index (χ4n) is 1.03. The Morgan fingerprint density at radius 2 is 2.27 bits per heavy atom. The average molecular weight is 201 g/mol. The van der Waals surface area contributed by atoms with Crippen LogP contribution in [0.15, 0.2) is 30.1 Å². The van der Waals surface area contributed by atoms with Crippen molar-refractivity contribution in [1.29, 1.82) is 5.26 Å². The van der Waals surface area contributed by atoms with Crippen molar-refractivity contribution >= 4 is 12.0 Å². The highest BCUT2D eigenvalue weighted by molar-refractivity contribution is 6.01. The Bertz CT molecular complexity index is 404. The maximum atomic E-state index is 11.4. The van der Waals surface area contributed by atoms with Gasteiger partial charge in [-0.2, -0.15) is 5.26 Å². The largest absolute Gasteiger partial charge is 0.352 e. The summed E-state index contributed by atoms with van der Waals surface area (Å²) in [5.41, 5.74) is 0.885. The summed E-state index contributed by atoms with van der Waals surface area (Å²) < 4.78 is 0. The molecule has 0 bridgehead atoms. The number of nitrogens with zero attached hydrogens (tertiary/aromatic N) is 2. The van der Waals surface area contributed by atoms with Gasteiger partial charge in [0.1, 0.15) is 11.6 Å². The third-order valence-electron chi connectivity index (χ3n) is 1.72. The molecule has 0 atom stereocenters. The lowest BCUT2D eigenvalue weighted by Gasteiger charge is -1.99. The van der Waals surface area contributed by atoms with Gasteiger partial charge in [-0.3, -0.25) is 9.78 Å². The van der Waals surface area contributed by atoms with Gasteiger partial charge in [0.15, 0.2) is 0 Å². The van der Waals surface area contributed by atoms with Crippen LogP contribution < -0.4 is 5.32 Å². The molecule has 4 nitrogen and oxygen atoms in total. The molecule has 0 saturated carbocycles. The number of hydrogen-bond donors (Lipinski definition) is 1. The molecule has 1 N–H and O–H groups in total. The Morgan fingerprint density at radius 3 is 2.80 bits per heavy atom. The maximum absolute atomic E-state index is 11.4. The molecule has 1 aromatic heterocycles. The minimum atomic E-state index is -0.350. The molecule has 76 valence electrons. The van der Waals surface area contributed by atoms with Crippen molar-refractivity contribution in [3.05, 3.63) is 35.7 Å². The van der Waals surface area contributed by atoms with Crippen LogP contribution in [0.3, 0.4) is 0 Å². The van der Waals surface area contributed by atoms with Crippen LogP contribution in [0, 0.1) is 11.3 Å². The van der Waals surface area contributed by atoms with E-state index in [2.05, 4.69) is 10.3 Å². The molecular weight excluding hydrogens is 190 g/mol. The molecule has 0 aliphatic rings. The van der Waals surface area contributed by atoms with Gasteiger partial charge in [0.2, 0.25) is 0 Å². The summed E-state index contributed by atoms with van der Waals surface area (Å²) in [5, 5.41) is 11.4.